The van der Waals surface area contributed by atoms with Crippen LogP contribution in [0.4, 0.5) is 17.6 Å². The average molecular weight is 513 g/mol. The molecule has 35 heavy (non-hydrogen) atoms. The lowest BCUT2D eigenvalue weighted by Gasteiger charge is -2.12. The molecule has 0 aliphatic carbocycles. The molecule has 6 nitrogen and oxygen atoms in total. The third-order valence-corrected chi connectivity index (χ3v) is 5.17. The fourth-order valence-electron chi connectivity index (χ4n) is 3.29. The van der Waals surface area contributed by atoms with Crippen molar-refractivity contribution in [2.75, 3.05) is 0 Å². The zero-order valence-electron chi connectivity index (χ0n) is 19.7. The van der Waals surface area contributed by atoms with Gasteiger partial charge in [0, 0.05) is 37.2 Å². The predicted molar refractivity (Wildman–Crippen MR) is 130 cm³/mol. The van der Waals surface area contributed by atoms with Gasteiger partial charge in [0.1, 0.15) is 11.6 Å². The van der Waals surface area contributed by atoms with E-state index < -0.39 is 23.2 Å². The number of alkyl halides is 3. The minimum absolute atomic E-state index is 0.0201. The summed E-state index contributed by atoms with van der Waals surface area (Å²) in [4.78, 5) is 30.0. The van der Waals surface area contributed by atoms with Crippen LogP contribution in [0.25, 0.3) is 16.7 Å². The van der Waals surface area contributed by atoms with Gasteiger partial charge in [-0.05, 0) is 18.6 Å². The second-order valence-corrected chi connectivity index (χ2v) is 7.95. The topological polar surface area (TPSA) is 61.8 Å². The highest BCUT2D eigenvalue weighted by molar-refractivity contribution is 6.31. The minimum atomic E-state index is -4.00. The molecule has 2 heterocycles. The number of allylic oxidation sites excluding steroid dienone is 5. The van der Waals surface area contributed by atoms with Crippen LogP contribution in [-0.2, 0) is 20.6 Å². The summed E-state index contributed by atoms with van der Waals surface area (Å²) in [7, 11) is 2.95. The van der Waals surface area contributed by atoms with Crippen LogP contribution in [0.5, 0.6) is 0 Å². The normalized spacial score (nSPS) is 12.2. The molecular formula is C24H25ClF4N4O2. The maximum Gasteiger partial charge on any atom is 0.386 e. The number of aromatic nitrogens is 4. The van der Waals surface area contributed by atoms with Crippen molar-refractivity contribution in [3.05, 3.63) is 92.1 Å². The second kappa shape index (κ2) is 11.4. The summed E-state index contributed by atoms with van der Waals surface area (Å²) in [5, 5.41) is 0.243. The summed E-state index contributed by atoms with van der Waals surface area (Å²) < 4.78 is 49.5. The molecule has 0 aliphatic rings. The van der Waals surface area contributed by atoms with Crippen molar-refractivity contribution in [2.45, 2.75) is 33.0 Å². The van der Waals surface area contributed by atoms with Crippen molar-refractivity contribution in [1.29, 1.82) is 0 Å². The van der Waals surface area contributed by atoms with Crippen molar-refractivity contribution in [3.63, 3.8) is 0 Å². The summed E-state index contributed by atoms with van der Waals surface area (Å²) in [6.07, 6.45) is 3.82. The molecule has 0 spiro atoms. The van der Waals surface area contributed by atoms with E-state index in [0.29, 0.717) is 12.2 Å². The number of benzene rings is 1. The van der Waals surface area contributed by atoms with E-state index in [1.54, 1.807) is 35.9 Å². The number of halogens is 5. The number of hydrogen-bond acceptors (Lipinski definition) is 3. The van der Waals surface area contributed by atoms with Crippen LogP contribution < -0.4 is 11.2 Å². The van der Waals surface area contributed by atoms with Gasteiger partial charge in [-0.15, -0.1) is 0 Å². The number of fused-ring (bicyclic) bond motifs is 1. The van der Waals surface area contributed by atoms with Crippen LogP contribution in [0.1, 0.15) is 31.7 Å². The van der Waals surface area contributed by atoms with E-state index in [0.717, 1.165) is 10.1 Å². The van der Waals surface area contributed by atoms with Crippen LogP contribution in [0.2, 0.25) is 5.02 Å². The first-order chi connectivity index (χ1) is 16.3. The Morgan fingerprint density at radius 1 is 1.20 bits per heavy atom. The van der Waals surface area contributed by atoms with Gasteiger partial charge in [-0.3, -0.25) is 13.9 Å². The molecular weight excluding hydrogens is 488 g/mol. The summed E-state index contributed by atoms with van der Waals surface area (Å²) in [6, 6.07) is 4.42. The molecule has 2 aromatic heterocycles. The van der Waals surface area contributed by atoms with E-state index in [1.165, 1.54) is 23.7 Å². The third kappa shape index (κ3) is 6.60. The van der Waals surface area contributed by atoms with Gasteiger partial charge in [-0.25, -0.2) is 14.2 Å². The van der Waals surface area contributed by atoms with Gasteiger partial charge in [0.2, 0.25) is 0 Å². The monoisotopic (exact) mass is 512 g/mol. The molecule has 11 heteroatoms. The summed E-state index contributed by atoms with van der Waals surface area (Å²) in [5.41, 5.74) is 0.371. The Morgan fingerprint density at radius 3 is 2.37 bits per heavy atom. The Hall–Kier alpha value is -3.40. The van der Waals surface area contributed by atoms with E-state index >= 15 is 0 Å². The van der Waals surface area contributed by atoms with E-state index in [4.69, 9.17) is 11.6 Å². The Bertz CT molecular complexity index is 1390. The van der Waals surface area contributed by atoms with E-state index in [9.17, 15) is 27.2 Å². The minimum Gasteiger partial charge on any atom is -0.313 e. The second-order valence-electron chi connectivity index (χ2n) is 7.54. The van der Waals surface area contributed by atoms with Crippen molar-refractivity contribution in [1.82, 2.24) is 18.7 Å². The van der Waals surface area contributed by atoms with Gasteiger partial charge in [-0.1, -0.05) is 55.5 Å². The van der Waals surface area contributed by atoms with Crippen molar-refractivity contribution in [2.24, 2.45) is 14.1 Å². The Morgan fingerprint density at radius 2 is 1.83 bits per heavy atom. The molecule has 0 fully saturated rings. The Kier molecular flexibility index (Phi) is 9.03. The summed E-state index contributed by atoms with van der Waals surface area (Å²) in [6.45, 7) is 5.82. The Balaban J connectivity index is 0.000000784. The predicted octanol–water partition coefficient (Wildman–Crippen LogP) is 5.38. The smallest absolute Gasteiger partial charge is 0.313 e. The quantitative estimate of drug-likeness (QED) is 0.329. The molecule has 0 aliphatic heterocycles. The van der Waals surface area contributed by atoms with Crippen LogP contribution in [-0.4, -0.2) is 24.9 Å². The van der Waals surface area contributed by atoms with Crippen LogP contribution >= 0.6 is 11.6 Å². The molecule has 3 rings (SSSR count). The molecule has 1 aromatic carbocycles. The lowest BCUT2D eigenvalue weighted by atomic mass is 10.1. The molecule has 0 unspecified atom stereocenters. The maximum atomic E-state index is 14.6. The van der Waals surface area contributed by atoms with Gasteiger partial charge in [-0.2, -0.15) is 13.2 Å². The summed E-state index contributed by atoms with van der Waals surface area (Å²) >= 11 is 6.25. The first-order valence-electron chi connectivity index (χ1n) is 10.5. The van der Waals surface area contributed by atoms with Crippen LogP contribution in [0.3, 0.4) is 0 Å². The Labute approximate surface area is 204 Å². The molecule has 188 valence electrons. The fraction of sp³-hybridized carbons (Fsp3) is 0.292. The highest BCUT2D eigenvalue weighted by atomic mass is 35.5. The average Bonchev–Trinajstić information content (AvgIpc) is 3.14. The number of imidazole rings is 1. The van der Waals surface area contributed by atoms with Gasteiger partial charge >= 0.3 is 11.9 Å². The SMILES string of the molecule is C=C/C=C\C(=C/CC)c1nc2c(c(=O)n(C)c(=O)n2C)n1Cc1c(F)cccc1Cl.CC(F)(F)F. The first kappa shape index (κ1) is 27.8. The number of hydrogen-bond donors (Lipinski definition) is 0. The number of aryl methyl sites for hydroxylation is 1. The van der Waals surface area contributed by atoms with Crippen molar-refractivity contribution in [3.8, 4) is 0 Å². The molecule has 0 saturated carbocycles. The van der Waals surface area contributed by atoms with Crippen LogP contribution in [0.15, 0.2) is 58.7 Å². The van der Waals surface area contributed by atoms with Crippen molar-refractivity contribution >= 4 is 28.3 Å². The van der Waals surface area contributed by atoms with Crippen LogP contribution in [0, 0.1) is 5.82 Å². The molecule has 0 saturated heterocycles. The standard InChI is InChI=1S/C22H22ClFN4O2.C2H3F3/c1-5-7-10-14(9-6-2)19-25-20-18(21(29)27(4)22(30)26(20)3)28(19)13-15-16(23)11-8-12-17(15)24;1-2(3,4)5/h5,7-12H,1,6,13H2,2-4H3;1H3/b10-7-,14-9+;. The molecule has 3 aromatic rings. The first-order valence-corrected chi connectivity index (χ1v) is 10.8. The molecule has 0 N–H and O–H groups in total. The van der Waals surface area contributed by atoms with Gasteiger partial charge < -0.3 is 4.57 Å². The lowest BCUT2D eigenvalue weighted by molar-refractivity contribution is -0.110. The maximum absolute atomic E-state index is 14.6. The molecule has 0 radical (unpaired) electrons. The van der Waals surface area contributed by atoms with E-state index in [1.807, 2.05) is 13.0 Å². The number of nitrogens with zero attached hydrogens (tertiary/aromatic N) is 4. The van der Waals surface area contributed by atoms with E-state index in [2.05, 4.69) is 11.6 Å². The van der Waals surface area contributed by atoms with E-state index in [-0.39, 0.29) is 35.2 Å². The zero-order valence-corrected chi connectivity index (χ0v) is 20.4. The third-order valence-electron chi connectivity index (χ3n) is 4.82. The van der Waals surface area contributed by atoms with Gasteiger partial charge in [0.05, 0.1) is 6.54 Å². The largest absolute Gasteiger partial charge is 0.386 e. The van der Waals surface area contributed by atoms with Gasteiger partial charge in [0.25, 0.3) is 5.56 Å². The molecule has 0 bridgehead atoms. The molecule has 0 amide bonds. The molecule has 0 atom stereocenters. The van der Waals surface area contributed by atoms with Crippen molar-refractivity contribution < 1.29 is 17.6 Å². The lowest BCUT2D eigenvalue weighted by Crippen LogP contribution is -2.37. The fourth-order valence-corrected chi connectivity index (χ4v) is 3.51. The highest BCUT2D eigenvalue weighted by Crippen LogP contribution is 2.26. The van der Waals surface area contributed by atoms with Gasteiger partial charge in [0.15, 0.2) is 11.2 Å². The highest BCUT2D eigenvalue weighted by Gasteiger charge is 2.22. The zero-order chi connectivity index (χ0) is 26.5. The summed E-state index contributed by atoms with van der Waals surface area (Å²) in [5.74, 6) is -0.0535. The number of rotatable bonds is 6.